The van der Waals surface area contributed by atoms with Gasteiger partial charge in [-0.15, -0.1) is 0 Å². The third-order valence-electron chi connectivity index (χ3n) is 3.76. The smallest absolute Gasteiger partial charge is 0.314 e. The Hall–Kier alpha value is -2.04. The maximum atomic E-state index is 11.6. The van der Waals surface area contributed by atoms with Gasteiger partial charge in [-0.25, -0.2) is 0 Å². The lowest BCUT2D eigenvalue weighted by Crippen LogP contribution is -2.35. The monoisotopic (exact) mass is 247 g/mol. The molecular formula is C13H13NO4. The Morgan fingerprint density at radius 3 is 2.78 bits per heavy atom. The van der Waals surface area contributed by atoms with Gasteiger partial charge in [0.25, 0.3) is 5.91 Å². The van der Waals surface area contributed by atoms with Crippen molar-refractivity contribution in [3.05, 3.63) is 23.8 Å². The Morgan fingerprint density at radius 1 is 1.44 bits per heavy atom. The summed E-state index contributed by atoms with van der Waals surface area (Å²) in [6, 6.07) is 5.29. The van der Waals surface area contributed by atoms with E-state index in [-0.39, 0.29) is 12.5 Å². The van der Waals surface area contributed by atoms with Gasteiger partial charge in [-0.2, -0.15) is 0 Å². The van der Waals surface area contributed by atoms with Crippen LogP contribution >= 0.6 is 0 Å². The van der Waals surface area contributed by atoms with E-state index in [1.54, 1.807) is 25.2 Å². The number of rotatable bonds is 2. The molecule has 94 valence electrons. The predicted molar refractivity (Wildman–Crippen MR) is 63.9 cm³/mol. The molecule has 1 heterocycles. The average Bonchev–Trinajstić information content (AvgIpc) is 3.15. The van der Waals surface area contributed by atoms with Crippen LogP contribution in [0, 0.1) is 0 Å². The van der Waals surface area contributed by atoms with Crippen LogP contribution in [0.3, 0.4) is 0 Å². The van der Waals surface area contributed by atoms with E-state index in [0.717, 1.165) is 5.56 Å². The van der Waals surface area contributed by atoms with Crippen molar-refractivity contribution >= 4 is 17.6 Å². The standard InChI is InChI=1S/C13H13NO4/c1-14-9-6-8(13(4-5-13)12(16)17)2-3-10(9)18-7-11(14)15/h2-3,6H,4-5,7H2,1H3,(H,16,17). The second-order valence-corrected chi connectivity index (χ2v) is 4.81. The largest absolute Gasteiger partial charge is 0.482 e. The Balaban J connectivity index is 2.06. The molecule has 1 saturated carbocycles. The number of ether oxygens (including phenoxy) is 1. The van der Waals surface area contributed by atoms with E-state index < -0.39 is 11.4 Å². The first-order valence-electron chi connectivity index (χ1n) is 5.82. The van der Waals surface area contributed by atoms with E-state index in [4.69, 9.17) is 4.74 Å². The van der Waals surface area contributed by atoms with Crippen molar-refractivity contribution < 1.29 is 19.4 Å². The summed E-state index contributed by atoms with van der Waals surface area (Å²) in [5.74, 6) is -0.296. The van der Waals surface area contributed by atoms with Gasteiger partial charge in [0.15, 0.2) is 6.61 Å². The molecule has 5 nitrogen and oxygen atoms in total. The fourth-order valence-electron chi connectivity index (χ4n) is 2.32. The number of likely N-dealkylation sites (N-methyl/N-ethyl adjacent to an activating group) is 1. The minimum atomic E-state index is -0.798. The average molecular weight is 247 g/mol. The van der Waals surface area contributed by atoms with Crippen molar-refractivity contribution in [1.29, 1.82) is 0 Å². The second-order valence-electron chi connectivity index (χ2n) is 4.81. The van der Waals surface area contributed by atoms with Gasteiger partial charge in [0.1, 0.15) is 5.75 Å². The first kappa shape index (κ1) is 11.1. The minimum absolute atomic E-state index is 0.0346. The Morgan fingerprint density at radius 2 is 2.17 bits per heavy atom. The van der Waals surface area contributed by atoms with Gasteiger partial charge in [0.2, 0.25) is 0 Å². The zero-order chi connectivity index (χ0) is 12.9. The van der Waals surface area contributed by atoms with Gasteiger partial charge < -0.3 is 14.7 Å². The Bertz CT molecular complexity index is 548. The normalized spacial score (nSPS) is 20.1. The zero-order valence-electron chi connectivity index (χ0n) is 9.97. The van der Waals surface area contributed by atoms with Crippen LogP contribution in [0.4, 0.5) is 5.69 Å². The molecule has 18 heavy (non-hydrogen) atoms. The SMILES string of the molecule is CN1C(=O)COc2ccc(C3(C(=O)O)CC3)cc21. The van der Waals surface area contributed by atoms with Crippen molar-refractivity contribution in [2.45, 2.75) is 18.3 Å². The first-order valence-corrected chi connectivity index (χ1v) is 5.82. The number of hydrogen-bond acceptors (Lipinski definition) is 3. The molecule has 1 N–H and O–H groups in total. The van der Waals surface area contributed by atoms with Gasteiger partial charge >= 0.3 is 5.97 Å². The molecule has 0 atom stereocenters. The molecule has 0 radical (unpaired) electrons. The van der Waals surface area contributed by atoms with E-state index >= 15 is 0 Å². The number of fused-ring (bicyclic) bond motifs is 1. The highest BCUT2D eigenvalue weighted by Gasteiger charge is 2.52. The van der Waals surface area contributed by atoms with Crippen LogP contribution < -0.4 is 9.64 Å². The lowest BCUT2D eigenvalue weighted by Gasteiger charge is -2.27. The molecule has 1 amide bonds. The number of hydrogen-bond donors (Lipinski definition) is 1. The Kier molecular flexibility index (Phi) is 2.14. The maximum absolute atomic E-state index is 11.6. The van der Waals surface area contributed by atoms with Crippen molar-refractivity contribution in [2.75, 3.05) is 18.6 Å². The number of carboxylic acid groups (broad SMARTS) is 1. The topological polar surface area (TPSA) is 66.8 Å². The van der Waals surface area contributed by atoms with Crippen LogP contribution in [0.15, 0.2) is 18.2 Å². The molecule has 3 rings (SSSR count). The van der Waals surface area contributed by atoms with Crippen LogP contribution in [0.2, 0.25) is 0 Å². The van der Waals surface area contributed by atoms with Gasteiger partial charge in [0.05, 0.1) is 11.1 Å². The lowest BCUT2D eigenvalue weighted by atomic mass is 9.95. The Labute approximate surface area is 104 Å². The molecule has 1 aliphatic carbocycles. The van der Waals surface area contributed by atoms with E-state index in [0.29, 0.717) is 24.3 Å². The fraction of sp³-hybridized carbons (Fsp3) is 0.385. The van der Waals surface area contributed by atoms with Crippen LogP contribution in [-0.2, 0) is 15.0 Å². The summed E-state index contributed by atoms with van der Waals surface area (Å²) >= 11 is 0. The van der Waals surface area contributed by atoms with E-state index in [1.165, 1.54) is 4.90 Å². The molecule has 0 saturated heterocycles. The van der Waals surface area contributed by atoms with E-state index in [9.17, 15) is 14.7 Å². The van der Waals surface area contributed by atoms with Crippen LogP contribution in [-0.4, -0.2) is 30.6 Å². The van der Waals surface area contributed by atoms with Gasteiger partial charge in [-0.3, -0.25) is 9.59 Å². The number of benzene rings is 1. The fourth-order valence-corrected chi connectivity index (χ4v) is 2.32. The zero-order valence-corrected chi connectivity index (χ0v) is 9.97. The highest BCUT2D eigenvalue weighted by molar-refractivity contribution is 5.97. The molecule has 1 aromatic carbocycles. The molecule has 0 bridgehead atoms. The van der Waals surface area contributed by atoms with Crippen molar-refractivity contribution in [2.24, 2.45) is 0 Å². The molecule has 1 aromatic rings. The minimum Gasteiger partial charge on any atom is -0.482 e. The summed E-state index contributed by atoms with van der Waals surface area (Å²) < 4.78 is 5.32. The number of carboxylic acids is 1. The quantitative estimate of drug-likeness (QED) is 0.851. The summed E-state index contributed by atoms with van der Waals surface area (Å²) in [7, 11) is 1.67. The molecule has 1 fully saturated rings. The van der Waals surface area contributed by atoms with Crippen molar-refractivity contribution in [3.63, 3.8) is 0 Å². The van der Waals surface area contributed by atoms with Crippen molar-refractivity contribution in [3.8, 4) is 5.75 Å². The molecule has 0 unspecified atom stereocenters. The number of carbonyl (C=O) groups excluding carboxylic acids is 1. The number of amides is 1. The van der Waals surface area contributed by atoms with Gasteiger partial charge in [-0.05, 0) is 30.5 Å². The van der Waals surface area contributed by atoms with Crippen LogP contribution in [0.5, 0.6) is 5.75 Å². The number of aliphatic carboxylic acids is 1. The maximum Gasteiger partial charge on any atom is 0.314 e. The molecule has 2 aliphatic rings. The summed E-state index contributed by atoms with van der Waals surface area (Å²) in [5, 5.41) is 9.27. The molecule has 5 heteroatoms. The van der Waals surface area contributed by atoms with E-state index in [1.807, 2.05) is 0 Å². The number of nitrogens with zero attached hydrogens (tertiary/aromatic N) is 1. The van der Waals surface area contributed by atoms with E-state index in [2.05, 4.69) is 0 Å². The second kappa shape index (κ2) is 3.48. The van der Waals surface area contributed by atoms with Crippen LogP contribution in [0.1, 0.15) is 18.4 Å². The van der Waals surface area contributed by atoms with Crippen LogP contribution in [0.25, 0.3) is 0 Å². The highest BCUT2D eigenvalue weighted by atomic mass is 16.5. The summed E-state index contributed by atoms with van der Waals surface area (Å²) in [6.07, 6.45) is 1.30. The number of carbonyl (C=O) groups is 2. The first-order chi connectivity index (χ1) is 8.54. The summed E-state index contributed by atoms with van der Waals surface area (Å²) in [4.78, 5) is 24.4. The molecular weight excluding hydrogens is 234 g/mol. The molecule has 0 aromatic heterocycles. The molecule has 0 spiro atoms. The highest BCUT2D eigenvalue weighted by Crippen LogP contribution is 2.50. The predicted octanol–water partition coefficient (Wildman–Crippen LogP) is 1.16. The molecule has 1 aliphatic heterocycles. The summed E-state index contributed by atoms with van der Waals surface area (Å²) in [5.41, 5.74) is 0.645. The summed E-state index contributed by atoms with van der Waals surface area (Å²) in [6.45, 7) is 0.0346. The van der Waals surface area contributed by atoms with Gasteiger partial charge in [0, 0.05) is 7.05 Å². The lowest BCUT2D eigenvalue weighted by molar-refractivity contribution is -0.140. The third-order valence-corrected chi connectivity index (χ3v) is 3.76. The van der Waals surface area contributed by atoms with Gasteiger partial charge in [-0.1, -0.05) is 6.07 Å². The van der Waals surface area contributed by atoms with Crippen molar-refractivity contribution in [1.82, 2.24) is 0 Å². The number of anilines is 1. The third kappa shape index (κ3) is 1.40.